The minimum Gasteiger partial charge on any atom is -0.324 e. The Balaban J connectivity index is -0.000000468. The van der Waals surface area contributed by atoms with Gasteiger partial charge in [-0.1, -0.05) is 85.5 Å². The molecular formula is C18H43ClNO3P. The Bertz CT molecular complexity index is 265. The number of hydrogen-bond acceptors (Lipinski definition) is 2. The van der Waals surface area contributed by atoms with E-state index < -0.39 is 7.60 Å². The summed E-state index contributed by atoms with van der Waals surface area (Å²) in [5.41, 5.74) is 0. The predicted octanol–water partition coefficient (Wildman–Crippen LogP) is 5.85. The minimum atomic E-state index is -3.74. The molecule has 0 aliphatic carbocycles. The minimum absolute atomic E-state index is 0. The fourth-order valence-corrected chi connectivity index (χ4v) is 3.11. The van der Waals surface area contributed by atoms with Crippen LogP contribution in [0.25, 0.3) is 0 Å². The normalized spacial score (nSPS) is 11.0. The van der Waals surface area contributed by atoms with E-state index in [1.54, 1.807) is 0 Å². The highest BCUT2D eigenvalue weighted by Gasteiger charge is 2.10. The van der Waals surface area contributed by atoms with Crippen molar-refractivity contribution >= 4 is 20.0 Å². The van der Waals surface area contributed by atoms with Gasteiger partial charge in [0.25, 0.3) is 0 Å². The van der Waals surface area contributed by atoms with Crippen LogP contribution in [0, 0.1) is 0 Å². The first-order valence-corrected chi connectivity index (χ1v) is 11.5. The molecule has 0 aromatic heterocycles. The van der Waals surface area contributed by atoms with Crippen LogP contribution in [-0.2, 0) is 4.57 Å². The standard InChI is InChI=1S/C12H27O3P.C6H15N.ClH/c1-2-3-4-5-6-7-8-9-10-11-12-16(13,14)15;1-4-7(5-2)6-3;/h2-12H2,1H3,(H2,13,14,15);4-6H2,1-3H3;1H. The van der Waals surface area contributed by atoms with E-state index in [1.165, 1.54) is 64.6 Å². The Labute approximate surface area is 157 Å². The molecule has 0 bridgehead atoms. The van der Waals surface area contributed by atoms with Crippen LogP contribution < -0.4 is 0 Å². The van der Waals surface area contributed by atoms with E-state index in [2.05, 4.69) is 32.6 Å². The number of hydrogen-bond donors (Lipinski definition) is 2. The highest BCUT2D eigenvalue weighted by Crippen LogP contribution is 2.35. The van der Waals surface area contributed by atoms with E-state index in [1.807, 2.05) is 0 Å². The maximum Gasteiger partial charge on any atom is 0.325 e. The van der Waals surface area contributed by atoms with Crippen LogP contribution in [-0.4, -0.2) is 40.5 Å². The Morgan fingerprint density at radius 1 is 0.667 bits per heavy atom. The van der Waals surface area contributed by atoms with Gasteiger partial charge in [-0.3, -0.25) is 4.57 Å². The summed E-state index contributed by atoms with van der Waals surface area (Å²) < 4.78 is 10.6. The second-order valence-electron chi connectivity index (χ2n) is 6.19. The number of nitrogens with zero attached hydrogens (tertiary/aromatic N) is 1. The van der Waals surface area contributed by atoms with Crippen molar-refractivity contribution in [3.05, 3.63) is 0 Å². The quantitative estimate of drug-likeness (QED) is 0.289. The molecule has 0 aromatic carbocycles. The molecule has 0 saturated heterocycles. The lowest BCUT2D eigenvalue weighted by Gasteiger charge is -2.13. The summed E-state index contributed by atoms with van der Waals surface area (Å²) in [6.45, 7) is 12.3. The third-order valence-corrected chi connectivity index (χ3v) is 5.04. The average Bonchev–Trinajstić information content (AvgIpc) is 2.50. The van der Waals surface area contributed by atoms with Crippen LogP contribution in [0.4, 0.5) is 0 Å². The summed E-state index contributed by atoms with van der Waals surface area (Å²) in [7, 11) is -3.74. The SMILES string of the molecule is CCCCCCCCCCCCP(=O)(O)O.CCN(CC)CC.Cl. The lowest BCUT2D eigenvalue weighted by Crippen LogP contribution is -2.21. The van der Waals surface area contributed by atoms with Gasteiger partial charge in [-0.2, -0.15) is 0 Å². The van der Waals surface area contributed by atoms with Gasteiger partial charge in [-0.05, 0) is 26.1 Å². The third-order valence-electron chi connectivity index (χ3n) is 4.14. The molecular weight excluding hydrogens is 345 g/mol. The fraction of sp³-hybridized carbons (Fsp3) is 1.00. The summed E-state index contributed by atoms with van der Waals surface area (Å²) in [6, 6.07) is 0. The van der Waals surface area contributed by atoms with E-state index in [-0.39, 0.29) is 18.6 Å². The van der Waals surface area contributed by atoms with Crippen molar-refractivity contribution < 1.29 is 14.4 Å². The molecule has 24 heavy (non-hydrogen) atoms. The summed E-state index contributed by atoms with van der Waals surface area (Å²) in [6.07, 6.45) is 12.0. The molecule has 0 unspecified atom stereocenters. The second kappa shape index (κ2) is 21.4. The Kier molecular flexibility index (Phi) is 26.1. The summed E-state index contributed by atoms with van der Waals surface area (Å²) >= 11 is 0. The fourth-order valence-electron chi connectivity index (χ4n) is 2.48. The first-order valence-electron chi connectivity index (χ1n) is 9.68. The first-order chi connectivity index (χ1) is 10.9. The molecule has 0 saturated carbocycles. The van der Waals surface area contributed by atoms with Crippen molar-refractivity contribution in [2.45, 2.75) is 91.9 Å². The van der Waals surface area contributed by atoms with Crippen molar-refractivity contribution in [2.24, 2.45) is 0 Å². The Hall–Kier alpha value is 0.400. The van der Waals surface area contributed by atoms with Gasteiger partial charge >= 0.3 is 7.60 Å². The Morgan fingerprint density at radius 2 is 1.00 bits per heavy atom. The number of halogens is 1. The predicted molar refractivity (Wildman–Crippen MR) is 109 cm³/mol. The van der Waals surface area contributed by atoms with Crippen molar-refractivity contribution in [3.8, 4) is 0 Å². The zero-order valence-corrected chi connectivity index (χ0v) is 18.2. The van der Waals surface area contributed by atoms with Gasteiger partial charge < -0.3 is 14.7 Å². The summed E-state index contributed by atoms with van der Waals surface area (Å²) in [5, 5.41) is 0. The molecule has 4 nitrogen and oxygen atoms in total. The van der Waals surface area contributed by atoms with Crippen molar-refractivity contribution in [2.75, 3.05) is 25.8 Å². The molecule has 0 radical (unpaired) electrons. The molecule has 0 heterocycles. The molecule has 2 N–H and O–H groups in total. The molecule has 0 aliphatic heterocycles. The molecule has 0 rings (SSSR count). The molecule has 0 fully saturated rings. The van der Waals surface area contributed by atoms with Crippen LogP contribution in [0.3, 0.4) is 0 Å². The van der Waals surface area contributed by atoms with Gasteiger partial charge in [0.15, 0.2) is 0 Å². The summed E-state index contributed by atoms with van der Waals surface area (Å²) in [4.78, 5) is 19.7. The second-order valence-corrected chi connectivity index (χ2v) is 7.97. The zero-order chi connectivity index (χ0) is 18.0. The van der Waals surface area contributed by atoms with Crippen molar-refractivity contribution in [3.63, 3.8) is 0 Å². The molecule has 150 valence electrons. The maximum absolute atomic E-state index is 10.6. The van der Waals surface area contributed by atoms with Gasteiger partial charge in [0.05, 0.1) is 0 Å². The van der Waals surface area contributed by atoms with Crippen LogP contribution in [0.2, 0.25) is 0 Å². The first kappa shape index (κ1) is 29.2. The molecule has 0 aromatic rings. The molecule has 6 heteroatoms. The third kappa shape index (κ3) is 27.3. The highest BCUT2D eigenvalue weighted by atomic mass is 35.5. The van der Waals surface area contributed by atoms with Gasteiger partial charge in [-0.15, -0.1) is 12.4 Å². The van der Waals surface area contributed by atoms with Crippen LogP contribution in [0.15, 0.2) is 0 Å². The maximum atomic E-state index is 10.6. The van der Waals surface area contributed by atoms with Crippen molar-refractivity contribution in [1.82, 2.24) is 4.90 Å². The van der Waals surface area contributed by atoms with Gasteiger partial charge in [0.2, 0.25) is 0 Å². The topological polar surface area (TPSA) is 60.8 Å². The van der Waals surface area contributed by atoms with Crippen LogP contribution >= 0.6 is 20.0 Å². The highest BCUT2D eigenvalue weighted by molar-refractivity contribution is 7.51. The summed E-state index contributed by atoms with van der Waals surface area (Å²) in [5.74, 6) is 0. The largest absolute Gasteiger partial charge is 0.325 e. The Morgan fingerprint density at radius 3 is 1.25 bits per heavy atom. The lowest BCUT2D eigenvalue weighted by molar-refractivity contribution is 0.321. The van der Waals surface area contributed by atoms with Crippen LogP contribution in [0.1, 0.15) is 91.9 Å². The number of unbranched alkanes of at least 4 members (excludes halogenated alkanes) is 9. The van der Waals surface area contributed by atoms with Gasteiger partial charge in [-0.25, -0.2) is 0 Å². The van der Waals surface area contributed by atoms with Gasteiger partial charge in [0, 0.05) is 6.16 Å². The molecule has 0 spiro atoms. The van der Waals surface area contributed by atoms with E-state index >= 15 is 0 Å². The average molecular weight is 388 g/mol. The zero-order valence-electron chi connectivity index (χ0n) is 16.5. The van der Waals surface area contributed by atoms with Crippen molar-refractivity contribution in [1.29, 1.82) is 0 Å². The van der Waals surface area contributed by atoms with Crippen LogP contribution in [0.5, 0.6) is 0 Å². The monoisotopic (exact) mass is 387 g/mol. The number of rotatable bonds is 14. The molecule has 0 atom stereocenters. The van der Waals surface area contributed by atoms with E-state index in [9.17, 15) is 4.57 Å². The lowest BCUT2D eigenvalue weighted by atomic mass is 10.1. The molecule has 0 aliphatic rings. The molecule has 0 amide bonds. The van der Waals surface area contributed by atoms with E-state index in [0.717, 1.165) is 12.8 Å². The smallest absolute Gasteiger partial charge is 0.324 e. The van der Waals surface area contributed by atoms with Gasteiger partial charge in [0.1, 0.15) is 0 Å². The van der Waals surface area contributed by atoms with E-state index in [0.29, 0.717) is 6.42 Å². The van der Waals surface area contributed by atoms with E-state index in [4.69, 9.17) is 9.79 Å².